The predicted molar refractivity (Wildman–Crippen MR) is 55.4 cm³/mol. The number of rotatable bonds is 7. The van der Waals surface area contributed by atoms with Crippen molar-refractivity contribution in [1.82, 2.24) is 4.84 Å². The molecule has 0 saturated heterocycles. The molecule has 0 spiro atoms. The molecule has 7 nitrogen and oxygen atoms in total. The van der Waals surface area contributed by atoms with Crippen molar-refractivity contribution in [3.05, 3.63) is 0 Å². The number of aliphatic carboxylic acids is 3. The molecule has 0 amide bonds. The van der Waals surface area contributed by atoms with Gasteiger partial charge in [-0.05, 0) is 24.1 Å². The summed E-state index contributed by atoms with van der Waals surface area (Å²) in [6.45, 7) is 0. The van der Waals surface area contributed by atoms with Crippen LogP contribution in [0.2, 0.25) is 0 Å². The zero-order valence-corrected chi connectivity index (χ0v) is 9.42. The van der Waals surface area contributed by atoms with E-state index in [4.69, 9.17) is 27.1 Å². The van der Waals surface area contributed by atoms with Crippen molar-refractivity contribution in [2.45, 2.75) is 18.9 Å². The highest BCUT2D eigenvalue weighted by molar-refractivity contribution is 6.15. The quantitative estimate of drug-likeness (QED) is 0.477. The molecule has 1 rings (SSSR count). The lowest BCUT2D eigenvalue weighted by atomic mass is 10.1. The lowest BCUT2D eigenvalue weighted by Crippen LogP contribution is -2.34. The van der Waals surface area contributed by atoms with E-state index in [1.807, 2.05) is 4.84 Å². The Balaban J connectivity index is 2.67. The third-order valence-corrected chi connectivity index (χ3v) is 3.21. The van der Waals surface area contributed by atoms with Crippen LogP contribution in [0.4, 0.5) is 0 Å². The second-order valence-electron chi connectivity index (χ2n) is 3.96. The number of hydrogen-bond acceptors (Lipinski definition) is 4. The highest BCUT2D eigenvalue weighted by Crippen LogP contribution is 2.51. The van der Waals surface area contributed by atoms with Crippen LogP contribution in [-0.4, -0.2) is 39.3 Å². The fourth-order valence-corrected chi connectivity index (χ4v) is 2.39. The molecule has 4 unspecified atom stereocenters. The molecule has 17 heavy (non-hydrogen) atoms. The topological polar surface area (TPSA) is 124 Å². The van der Waals surface area contributed by atoms with E-state index in [1.54, 1.807) is 0 Å². The molecule has 4 atom stereocenters. The lowest BCUT2D eigenvalue weighted by molar-refractivity contribution is -0.141. The average Bonchev–Trinajstić information content (AvgIpc) is 2.89. The fraction of sp³-hybridized carbons (Fsp3) is 0.667. The Morgan fingerprint density at radius 3 is 2.18 bits per heavy atom. The third kappa shape index (κ3) is 3.07. The highest BCUT2D eigenvalue weighted by atomic mass is 35.5. The maximum Gasteiger partial charge on any atom is 0.322 e. The normalized spacial score (nSPS) is 28.4. The van der Waals surface area contributed by atoms with Crippen molar-refractivity contribution in [2.75, 3.05) is 0 Å². The van der Waals surface area contributed by atoms with Gasteiger partial charge < -0.3 is 15.3 Å². The van der Waals surface area contributed by atoms with E-state index >= 15 is 0 Å². The van der Waals surface area contributed by atoms with Gasteiger partial charge in [-0.15, -0.1) is 0 Å². The molecule has 0 heterocycles. The minimum absolute atomic E-state index is 0.138. The monoisotopic (exact) mass is 265 g/mol. The Bertz CT molecular complexity index is 346. The second kappa shape index (κ2) is 5.33. The van der Waals surface area contributed by atoms with Crippen LogP contribution in [0.1, 0.15) is 12.8 Å². The third-order valence-electron chi connectivity index (χ3n) is 2.97. The van der Waals surface area contributed by atoms with Crippen molar-refractivity contribution < 1.29 is 29.7 Å². The molecule has 96 valence electrons. The smallest absolute Gasteiger partial charge is 0.322 e. The molecule has 1 aliphatic carbocycles. The molecule has 0 aromatic heterocycles. The van der Waals surface area contributed by atoms with E-state index < -0.39 is 41.7 Å². The fourth-order valence-electron chi connectivity index (χ4n) is 2.15. The van der Waals surface area contributed by atoms with E-state index in [1.165, 1.54) is 0 Å². The molecular weight excluding hydrogens is 254 g/mol. The van der Waals surface area contributed by atoms with Crippen LogP contribution >= 0.6 is 11.8 Å². The van der Waals surface area contributed by atoms with Crippen molar-refractivity contribution in [3.63, 3.8) is 0 Å². The number of hydrogen-bond donors (Lipinski definition) is 4. The number of halogens is 1. The Hall–Kier alpha value is -1.34. The van der Waals surface area contributed by atoms with Crippen LogP contribution < -0.4 is 4.84 Å². The summed E-state index contributed by atoms with van der Waals surface area (Å²) in [4.78, 5) is 34.1. The molecule has 0 aromatic rings. The lowest BCUT2D eigenvalue weighted by Gasteiger charge is -2.08. The van der Waals surface area contributed by atoms with E-state index in [0.29, 0.717) is 0 Å². The van der Waals surface area contributed by atoms with Gasteiger partial charge in [-0.3, -0.25) is 14.4 Å². The second-order valence-corrected chi connectivity index (χ2v) is 4.18. The summed E-state index contributed by atoms with van der Waals surface area (Å²) in [5, 5.41) is 26.2. The van der Waals surface area contributed by atoms with Crippen LogP contribution in [0.15, 0.2) is 0 Å². The van der Waals surface area contributed by atoms with E-state index in [-0.39, 0.29) is 12.8 Å². The Labute approximate surface area is 101 Å². The molecule has 0 aliphatic heterocycles. The minimum Gasteiger partial charge on any atom is -0.481 e. The number of carboxylic acids is 3. The first-order valence-corrected chi connectivity index (χ1v) is 5.31. The summed E-state index contributed by atoms with van der Waals surface area (Å²) in [5.41, 5.74) is 0. The number of carboxylic acid groups (broad SMARTS) is 3. The van der Waals surface area contributed by atoms with Crippen molar-refractivity contribution in [3.8, 4) is 0 Å². The van der Waals surface area contributed by atoms with Gasteiger partial charge in [0, 0.05) is 12.3 Å². The summed E-state index contributed by atoms with van der Waals surface area (Å²) in [7, 11) is 0. The van der Waals surface area contributed by atoms with Crippen LogP contribution in [0.5, 0.6) is 0 Å². The Morgan fingerprint density at radius 2 is 1.82 bits per heavy atom. The number of nitrogens with one attached hydrogen (secondary N) is 1. The van der Waals surface area contributed by atoms with Crippen LogP contribution in [0.25, 0.3) is 0 Å². The van der Waals surface area contributed by atoms with Gasteiger partial charge in [0.05, 0.1) is 5.92 Å². The van der Waals surface area contributed by atoms with Gasteiger partial charge >= 0.3 is 17.9 Å². The molecule has 1 saturated carbocycles. The summed E-state index contributed by atoms with van der Waals surface area (Å²) in [6, 6.07) is -1.17. The zero-order chi connectivity index (χ0) is 13.2. The molecular formula is C9H12ClNO6. The van der Waals surface area contributed by atoms with Crippen LogP contribution in [0.3, 0.4) is 0 Å². The first kappa shape index (κ1) is 13.7. The highest BCUT2D eigenvalue weighted by Gasteiger charge is 2.59. The first-order valence-electron chi connectivity index (χ1n) is 4.93. The molecule has 0 bridgehead atoms. The molecule has 0 aromatic carbocycles. The predicted octanol–water partition coefficient (Wildman–Crippen LogP) is -0.00540. The summed E-state index contributed by atoms with van der Waals surface area (Å²) in [6.07, 6.45) is -0.0428. The van der Waals surface area contributed by atoms with Crippen molar-refractivity contribution >= 4 is 29.7 Å². The van der Waals surface area contributed by atoms with Crippen LogP contribution in [0, 0.1) is 17.8 Å². The van der Waals surface area contributed by atoms with Crippen molar-refractivity contribution in [2.24, 2.45) is 17.8 Å². The molecule has 4 N–H and O–H groups in total. The van der Waals surface area contributed by atoms with Gasteiger partial charge in [-0.1, -0.05) is 0 Å². The standard InChI is InChI=1S/C9H12ClNO6/c10-11-7(9(16)17)5-3(1-2-4(12)13)6(5)8(14)15/h3,5-7,11H,1-2H2,(H,12,13)(H,14,15)(H,16,17). The maximum atomic E-state index is 10.9. The molecule has 0 radical (unpaired) electrons. The van der Waals surface area contributed by atoms with Gasteiger partial charge in [0.2, 0.25) is 0 Å². The van der Waals surface area contributed by atoms with Gasteiger partial charge in [0.1, 0.15) is 6.04 Å². The molecule has 1 fully saturated rings. The minimum atomic E-state index is -1.24. The SMILES string of the molecule is O=C(O)CCC1C(C(=O)O)C1C(NCl)C(=O)O. The summed E-state index contributed by atoms with van der Waals surface area (Å²) < 4.78 is 0. The molecule has 8 heteroatoms. The number of carbonyl (C=O) groups is 3. The Morgan fingerprint density at radius 1 is 1.24 bits per heavy atom. The van der Waals surface area contributed by atoms with Crippen LogP contribution in [-0.2, 0) is 14.4 Å². The van der Waals surface area contributed by atoms with Gasteiger partial charge in [0.15, 0.2) is 0 Å². The summed E-state index contributed by atoms with van der Waals surface area (Å²) >= 11 is 5.26. The molecule has 1 aliphatic rings. The van der Waals surface area contributed by atoms with E-state index in [0.717, 1.165) is 0 Å². The largest absolute Gasteiger partial charge is 0.481 e. The van der Waals surface area contributed by atoms with Gasteiger partial charge in [-0.25, -0.2) is 4.84 Å². The van der Waals surface area contributed by atoms with E-state index in [9.17, 15) is 14.4 Å². The first-order chi connectivity index (χ1) is 7.90. The van der Waals surface area contributed by atoms with Gasteiger partial charge in [-0.2, -0.15) is 0 Å². The van der Waals surface area contributed by atoms with Gasteiger partial charge in [0.25, 0.3) is 0 Å². The summed E-state index contributed by atoms with van der Waals surface area (Å²) in [5.74, 6) is -5.37. The zero-order valence-electron chi connectivity index (χ0n) is 8.67. The Kier molecular flexibility index (Phi) is 4.30. The average molecular weight is 266 g/mol. The maximum absolute atomic E-state index is 10.9. The van der Waals surface area contributed by atoms with Crippen molar-refractivity contribution in [1.29, 1.82) is 0 Å². The van der Waals surface area contributed by atoms with E-state index in [2.05, 4.69) is 0 Å².